The fourth-order valence-electron chi connectivity index (χ4n) is 1.62. The van der Waals surface area contributed by atoms with E-state index in [0.29, 0.717) is 18.6 Å². The molecule has 0 bridgehead atoms. The Morgan fingerprint density at radius 3 is 2.83 bits per heavy atom. The zero-order valence-corrected chi connectivity index (χ0v) is 8.04. The first-order chi connectivity index (χ1) is 5.65. The van der Waals surface area contributed by atoms with Crippen molar-refractivity contribution in [2.45, 2.75) is 33.2 Å². The molecule has 1 rings (SSSR count). The van der Waals surface area contributed by atoms with E-state index in [9.17, 15) is 4.79 Å². The summed E-state index contributed by atoms with van der Waals surface area (Å²) >= 11 is 0. The molecule has 3 nitrogen and oxygen atoms in total. The standard InChI is InChI=1S/C9H17NO2/c1-4-10-8(5-7(2)3)6-12-9(10)11/h7-8H,4-6H2,1-3H3. The number of hydrogen-bond acceptors (Lipinski definition) is 2. The summed E-state index contributed by atoms with van der Waals surface area (Å²) < 4.78 is 4.96. The van der Waals surface area contributed by atoms with Crippen LogP contribution in [0.1, 0.15) is 27.2 Å². The Morgan fingerprint density at radius 1 is 1.67 bits per heavy atom. The van der Waals surface area contributed by atoms with E-state index < -0.39 is 0 Å². The summed E-state index contributed by atoms with van der Waals surface area (Å²) in [4.78, 5) is 12.9. The van der Waals surface area contributed by atoms with Crippen LogP contribution in [0.3, 0.4) is 0 Å². The first-order valence-electron chi connectivity index (χ1n) is 4.58. The number of cyclic esters (lactones) is 1. The van der Waals surface area contributed by atoms with Gasteiger partial charge in [0.2, 0.25) is 0 Å². The molecule has 1 heterocycles. The smallest absolute Gasteiger partial charge is 0.410 e. The molecule has 0 radical (unpaired) electrons. The third kappa shape index (κ3) is 1.90. The molecule has 70 valence electrons. The fourth-order valence-corrected chi connectivity index (χ4v) is 1.62. The third-order valence-corrected chi connectivity index (χ3v) is 2.16. The SMILES string of the molecule is CCN1C(=O)OCC1CC(C)C. The zero-order chi connectivity index (χ0) is 9.14. The molecule has 0 aromatic carbocycles. The van der Waals surface area contributed by atoms with E-state index in [-0.39, 0.29) is 6.09 Å². The predicted molar refractivity (Wildman–Crippen MR) is 47.0 cm³/mol. The van der Waals surface area contributed by atoms with Crippen molar-refractivity contribution >= 4 is 6.09 Å². The van der Waals surface area contributed by atoms with Gasteiger partial charge >= 0.3 is 6.09 Å². The largest absolute Gasteiger partial charge is 0.447 e. The second kappa shape index (κ2) is 3.78. The van der Waals surface area contributed by atoms with Gasteiger partial charge in [-0.1, -0.05) is 13.8 Å². The fraction of sp³-hybridized carbons (Fsp3) is 0.889. The lowest BCUT2D eigenvalue weighted by Crippen LogP contribution is -2.34. The van der Waals surface area contributed by atoms with Gasteiger partial charge in [-0.25, -0.2) is 4.79 Å². The van der Waals surface area contributed by atoms with Gasteiger partial charge in [-0.15, -0.1) is 0 Å². The number of carbonyl (C=O) groups is 1. The lowest BCUT2D eigenvalue weighted by molar-refractivity contribution is 0.159. The van der Waals surface area contributed by atoms with Gasteiger partial charge < -0.3 is 9.64 Å². The van der Waals surface area contributed by atoms with Crippen molar-refractivity contribution in [3.63, 3.8) is 0 Å². The Balaban J connectivity index is 2.48. The highest BCUT2D eigenvalue weighted by molar-refractivity contribution is 5.69. The summed E-state index contributed by atoms with van der Waals surface area (Å²) in [5, 5.41) is 0. The molecular weight excluding hydrogens is 154 g/mol. The Hall–Kier alpha value is -0.730. The van der Waals surface area contributed by atoms with Crippen LogP contribution < -0.4 is 0 Å². The summed E-state index contributed by atoms with van der Waals surface area (Å²) in [7, 11) is 0. The molecule has 1 aliphatic rings. The van der Waals surface area contributed by atoms with Crippen molar-refractivity contribution in [2.75, 3.05) is 13.2 Å². The van der Waals surface area contributed by atoms with Crippen molar-refractivity contribution in [3.05, 3.63) is 0 Å². The number of ether oxygens (including phenoxy) is 1. The van der Waals surface area contributed by atoms with Crippen LogP contribution in [0.25, 0.3) is 0 Å². The van der Waals surface area contributed by atoms with Crippen LogP contribution in [-0.2, 0) is 4.74 Å². The Bertz CT molecular complexity index is 168. The Labute approximate surface area is 73.7 Å². The van der Waals surface area contributed by atoms with E-state index in [1.165, 1.54) is 0 Å². The van der Waals surface area contributed by atoms with Gasteiger partial charge in [-0.2, -0.15) is 0 Å². The number of likely N-dealkylation sites (N-methyl/N-ethyl adjacent to an activating group) is 1. The maximum Gasteiger partial charge on any atom is 0.410 e. The molecule has 1 unspecified atom stereocenters. The van der Waals surface area contributed by atoms with Crippen molar-refractivity contribution in [3.8, 4) is 0 Å². The van der Waals surface area contributed by atoms with Gasteiger partial charge in [0.15, 0.2) is 0 Å². The summed E-state index contributed by atoms with van der Waals surface area (Å²) in [6.45, 7) is 7.65. The normalized spacial score (nSPS) is 23.5. The van der Waals surface area contributed by atoms with Gasteiger partial charge in [0, 0.05) is 6.54 Å². The van der Waals surface area contributed by atoms with Crippen molar-refractivity contribution in [1.82, 2.24) is 4.90 Å². The minimum atomic E-state index is -0.150. The van der Waals surface area contributed by atoms with Crippen LogP contribution in [0.2, 0.25) is 0 Å². The molecule has 0 aromatic rings. The topological polar surface area (TPSA) is 29.5 Å². The molecule has 1 aliphatic heterocycles. The van der Waals surface area contributed by atoms with E-state index >= 15 is 0 Å². The summed E-state index contributed by atoms with van der Waals surface area (Å²) in [5.74, 6) is 0.624. The molecule has 0 N–H and O–H groups in total. The zero-order valence-electron chi connectivity index (χ0n) is 8.04. The molecule has 0 aliphatic carbocycles. The van der Waals surface area contributed by atoms with Crippen molar-refractivity contribution in [2.24, 2.45) is 5.92 Å². The molecule has 12 heavy (non-hydrogen) atoms. The maximum absolute atomic E-state index is 11.1. The lowest BCUT2D eigenvalue weighted by Gasteiger charge is -2.20. The molecule has 0 aromatic heterocycles. The van der Waals surface area contributed by atoms with Gasteiger partial charge in [-0.05, 0) is 19.3 Å². The highest BCUT2D eigenvalue weighted by Gasteiger charge is 2.31. The van der Waals surface area contributed by atoms with E-state index in [1.54, 1.807) is 4.90 Å². The van der Waals surface area contributed by atoms with Crippen LogP contribution >= 0.6 is 0 Å². The van der Waals surface area contributed by atoms with Crippen LogP contribution in [0.4, 0.5) is 4.79 Å². The van der Waals surface area contributed by atoms with Gasteiger partial charge in [0.05, 0.1) is 6.04 Å². The average molecular weight is 171 g/mol. The van der Waals surface area contributed by atoms with Crippen LogP contribution in [0.15, 0.2) is 0 Å². The van der Waals surface area contributed by atoms with Gasteiger partial charge in [0.25, 0.3) is 0 Å². The molecule has 3 heteroatoms. The Kier molecular flexibility index (Phi) is 2.95. The molecule has 1 saturated heterocycles. The van der Waals surface area contributed by atoms with Crippen molar-refractivity contribution in [1.29, 1.82) is 0 Å². The van der Waals surface area contributed by atoms with Crippen LogP contribution in [0.5, 0.6) is 0 Å². The summed E-state index contributed by atoms with van der Waals surface area (Å²) in [6, 6.07) is 0.308. The number of amides is 1. The number of rotatable bonds is 3. The quantitative estimate of drug-likeness (QED) is 0.648. The molecular formula is C9H17NO2. The second-order valence-electron chi connectivity index (χ2n) is 3.65. The third-order valence-electron chi connectivity index (χ3n) is 2.16. The molecule has 0 saturated carbocycles. The van der Waals surface area contributed by atoms with E-state index in [0.717, 1.165) is 13.0 Å². The van der Waals surface area contributed by atoms with Gasteiger partial charge in [-0.3, -0.25) is 0 Å². The summed E-state index contributed by atoms with van der Waals surface area (Å²) in [6.07, 6.45) is 0.891. The van der Waals surface area contributed by atoms with Gasteiger partial charge in [0.1, 0.15) is 6.61 Å². The van der Waals surface area contributed by atoms with E-state index in [4.69, 9.17) is 4.74 Å². The predicted octanol–water partition coefficient (Wildman–Crippen LogP) is 1.87. The average Bonchev–Trinajstić information content (AvgIpc) is 2.30. The van der Waals surface area contributed by atoms with Crippen molar-refractivity contribution < 1.29 is 9.53 Å². The molecule has 0 spiro atoms. The highest BCUT2D eigenvalue weighted by atomic mass is 16.6. The number of hydrogen-bond donors (Lipinski definition) is 0. The monoisotopic (exact) mass is 171 g/mol. The second-order valence-corrected chi connectivity index (χ2v) is 3.65. The highest BCUT2D eigenvalue weighted by Crippen LogP contribution is 2.18. The van der Waals surface area contributed by atoms with Crippen LogP contribution in [0, 0.1) is 5.92 Å². The maximum atomic E-state index is 11.1. The molecule has 1 amide bonds. The lowest BCUT2D eigenvalue weighted by atomic mass is 10.0. The minimum Gasteiger partial charge on any atom is -0.447 e. The first kappa shape index (κ1) is 9.36. The van der Waals surface area contributed by atoms with Crippen LogP contribution in [-0.4, -0.2) is 30.2 Å². The number of carbonyl (C=O) groups excluding carboxylic acids is 1. The Morgan fingerprint density at radius 2 is 2.33 bits per heavy atom. The minimum absolute atomic E-state index is 0.150. The summed E-state index contributed by atoms with van der Waals surface area (Å²) in [5.41, 5.74) is 0. The van der Waals surface area contributed by atoms with E-state index in [1.807, 2.05) is 6.92 Å². The number of nitrogens with zero attached hydrogens (tertiary/aromatic N) is 1. The molecule has 1 fully saturated rings. The van der Waals surface area contributed by atoms with E-state index in [2.05, 4.69) is 13.8 Å². The molecule has 1 atom stereocenters. The first-order valence-corrected chi connectivity index (χ1v) is 4.58.